The summed E-state index contributed by atoms with van der Waals surface area (Å²) in [5.74, 6) is 1.07. The number of carbonyl (C=O) groups is 1. The van der Waals surface area contributed by atoms with Crippen LogP contribution in [0.25, 0.3) is 0 Å². The molecular weight excluding hydrogens is 340 g/mol. The Morgan fingerprint density at radius 3 is 2.37 bits per heavy atom. The molecule has 27 heavy (non-hydrogen) atoms. The number of ether oxygens (including phenoxy) is 2. The molecule has 0 saturated carbocycles. The summed E-state index contributed by atoms with van der Waals surface area (Å²) in [4.78, 5) is 14.3. The molecule has 1 heterocycles. The van der Waals surface area contributed by atoms with Crippen LogP contribution in [0.4, 0.5) is 5.69 Å². The average molecular weight is 368 g/mol. The number of morpholine rings is 1. The van der Waals surface area contributed by atoms with E-state index in [0.29, 0.717) is 18.2 Å². The van der Waals surface area contributed by atoms with Crippen LogP contribution in [0.15, 0.2) is 48.5 Å². The second-order valence-corrected chi connectivity index (χ2v) is 7.06. The van der Waals surface area contributed by atoms with Gasteiger partial charge >= 0.3 is 0 Å². The van der Waals surface area contributed by atoms with Crippen molar-refractivity contribution in [3.63, 3.8) is 0 Å². The van der Waals surface area contributed by atoms with Gasteiger partial charge in [0, 0.05) is 25.3 Å². The largest absolute Gasteiger partial charge is 0.484 e. The molecule has 0 atom stereocenters. The van der Waals surface area contributed by atoms with Gasteiger partial charge in [0.2, 0.25) is 0 Å². The lowest BCUT2D eigenvalue weighted by Gasteiger charge is -2.28. The summed E-state index contributed by atoms with van der Waals surface area (Å²) in [6, 6.07) is 16.2. The van der Waals surface area contributed by atoms with Crippen molar-refractivity contribution in [1.82, 2.24) is 5.32 Å². The zero-order valence-corrected chi connectivity index (χ0v) is 16.1. The quantitative estimate of drug-likeness (QED) is 0.814. The maximum Gasteiger partial charge on any atom is 0.258 e. The fourth-order valence-corrected chi connectivity index (χ4v) is 3.00. The zero-order valence-electron chi connectivity index (χ0n) is 16.1. The lowest BCUT2D eigenvalue weighted by atomic mass is 10.0. The number of hydrogen-bond donors (Lipinski definition) is 1. The molecule has 0 spiro atoms. The monoisotopic (exact) mass is 368 g/mol. The van der Waals surface area contributed by atoms with E-state index in [2.05, 4.69) is 48.3 Å². The molecule has 0 bridgehead atoms. The fourth-order valence-electron chi connectivity index (χ4n) is 3.00. The van der Waals surface area contributed by atoms with Crippen LogP contribution in [0.5, 0.6) is 5.75 Å². The van der Waals surface area contributed by atoms with Gasteiger partial charge < -0.3 is 19.7 Å². The van der Waals surface area contributed by atoms with E-state index in [1.807, 2.05) is 24.3 Å². The van der Waals surface area contributed by atoms with Crippen molar-refractivity contribution in [3.8, 4) is 5.75 Å². The average Bonchev–Trinajstić information content (AvgIpc) is 2.72. The third-order valence-electron chi connectivity index (χ3n) is 4.72. The second-order valence-electron chi connectivity index (χ2n) is 7.06. The summed E-state index contributed by atoms with van der Waals surface area (Å²) in [5.41, 5.74) is 3.52. The maximum atomic E-state index is 12.0. The van der Waals surface area contributed by atoms with Crippen molar-refractivity contribution in [1.29, 1.82) is 0 Å². The van der Waals surface area contributed by atoms with Gasteiger partial charge in [-0.05, 0) is 41.3 Å². The van der Waals surface area contributed by atoms with Gasteiger partial charge in [-0.3, -0.25) is 4.79 Å². The van der Waals surface area contributed by atoms with Gasteiger partial charge in [0.05, 0.1) is 13.2 Å². The molecule has 0 radical (unpaired) electrons. The molecule has 5 nitrogen and oxygen atoms in total. The summed E-state index contributed by atoms with van der Waals surface area (Å²) in [6.45, 7) is 8.21. The van der Waals surface area contributed by atoms with Gasteiger partial charge in [-0.25, -0.2) is 0 Å². The first-order valence-corrected chi connectivity index (χ1v) is 9.53. The van der Waals surface area contributed by atoms with Crippen LogP contribution in [0.3, 0.4) is 0 Å². The first-order chi connectivity index (χ1) is 13.1. The minimum atomic E-state index is -0.125. The lowest BCUT2D eigenvalue weighted by Crippen LogP contribution is -2.36. The van der Waals surface area contributed by atoms with Crippen LogP contribution in [0.1, 0.15) is 30.9 Å². The maximum absolute atomic E-state index is 12.0. The van der Waals surface area contributed by atoms with Crippen molar-refractivity contribution in [2.24, 2.45) is 0 Å². The van der Waals surface area contributed by atoms with E-state index >= 15 is 0 Å². The van der Waals surface area contributed by atoms with E-state index in [-0.39, 0.29) is 12.5 Å². The van der Waals surface area contributed by atoms with Gasteiger partial charge in [0.25, 0.3) is 5.91 Å². The third kappa shape index (κ3) is 5.73. The molecule has 1 saturated heterocycles. The van der Waals surface area contributed by atoms with Gasteiger partial charge in [-0.15, -0.1) is 0 Å². The number of hydrogen-bond acceptors (Lipinski definition) is 4. The van der Waals surface area contributed by atoms with Crippen LogP contribution < -0.4 is 15.0 Å². The van der Waals surface area contributed by atoms with E-state index < -0.39 is 0 Å². The van der Waals surface area contributed by atoms with Crippen LogP contribution in [0, 0.1) is 0 Å². The summed E-state index contributed by atoms with van der Waals surface area (Å²) >= 11 is 0. The Balaban J connectivity index is 1.42. The molecule has 1 aliphatic rings. The Hall–Kier alpha value is -2.53. The molecule has 0 unspecified atom stereocenters. The smallest absolute Gasteiger partial charge is 0.258 e. The molecule has 3 rings (SSSR count). The SMILES string of the molecule is CC(C)c1ccc(OCC(=O)NCc2ccc(N3CCOCC3)cc2)cc1. The first-order valence-electron chi connectivity index (χ1n) is 9.53. The van der Waals surface area contributed by atoms with Crippen LogP contribution in [-0.4, -0.2) is 38.8 Å². The fraction of sp³-hybridized carbons (Fsp3) is 0.409. The number of nitrogens with one attached hydrogen (secondary N) is 1. The molecule has 1 amide bonds. The molecule has 144 valence electrons. The van der Waals surface area contributed by atoms with Gasteiger partial charge in [-0.1, -0.05) is 38.1 Å². The van der Waals surface area contributed by atoms with Crippen molar-refractivity contribution >= 4 is 11.6 Å². The molecule has 1 fully saturated rings. The lowest BCUT2D eigenvalue weighted by molar-refractivity contribution is -0.123. The Morgan fingerprint density at radius 2 is 1.74 bits per heavy atom. The number of benzene rings is 2. The highest BCUT2D eigenvalue weighted by Gasteiger charge is 2.11. The Kier molecular flexibility index (Phi) is 6.71. The molecule has 2 aromatic carbocycles. The second kappa shape index (κ2) is 9.42. The van der Waals surface area contributed by atoms with Crippen LogP contribution in [-0.2, 0) is 16.1 Å². The van der Waals surface area contributed by atoms with Crippen molar-refractivity contribution < 1.29 is 14.3 Å². The highest BCUT2D eigenvalue weighted by Crippen LogP contribution is 2.19. The number of rotatable bonds is 7. The van der Waals surface area contributed by atoms with Gasteiger partial charge in [0.15, 0.2) is 6.61 Å². The van der Waals surface area contributed by atoms with E-state index in [1.54, 1.807) is 0 Å². The highest BCUT2D eigenvalue weighted by atomic mass is 16.5. The molecule has 1 aliphatic heterocycles. The van der Waals surface area contributed by atoms with E-state index in [0.717, 1.165) is 31.9 Å². The summed E-state index contributed by atoms with van der Waals surface area (Å²) in [7, 11) is 0. The molecule has 0 aromatic heterocycles. The number of amides is 1. The zero-order chi connectivity index (χ0) is 19.1. The van der Waals surface area contributed by atoms with Crippen LogP contribution >= 0.6 is 0 Å². The van der Waals surface area contributed by atoms with E-state index in [4.69, 9.17) is 9.47 Å². The number of carbonyl (C=O) groups excluding carboxylic acids is 1. The van der Waals surface area contributed by atoms with Gasteiger partial charge in [-0.2, -0.15) is 0 Å². The summed E-state index contributed by atoms with van der Waals surface area (Å²) in [5, 5.41) is 2.90. The molecule has 5 heteroatoms. The topological polar surface area (TPSA) is 50.8 Å². The highest BCUT2D eigenvalue weighted by molar-refractivity contribution is 5.77. The molecular formula is C22H28N2O3. The number of nitrogens with zero attached hydrogens (tertiary/aromatic N) is 1. The van der Waals surface area contributed by atoms with Crippen molar-refractivity contribution in [3.05, 3.63) is 59.7 Å². The molecule has 2 aromatic rings. The molecule has 0 aliphatic carbocycles. The van der Waals surface area contributed by atoms with Crippen molar-refractivity contribution in [2.75, 3.05) is 37.8 Å². The number of anilines is 1. The summed E-state index contributed by atoms with van der Waals surface area (Å²) < 4.78 is 10.9. The van der Waals surface area contributed by atoms with Crippen LogP contribution in [0.2, 0.25) is 0 Å². The normalized spacial score (nSPS) is 14.3. The Labute approximate surface area is 161 Å². The predicted molar refractivity (Wildman–Crippen MR) is 107 cm³/mol. The minimum absolute atomic E-state index is 0.0207. The van der Waals surface area contributed by atoms with Crippen molar-refractivity contribution in [2.45, 2.75) is 26.3 Å². The minimum Gasteiger partial charge on any atom is -0.484 e. The van der Waals surface area contributed by atoms with Gasteiger partial charge in [0.1, 0.15) is 5.75 Å². The van der Waals surface area contributed by atoms with E-state index in [9.17, 15) is 4.79 Å². The third-order valence-corrected chi connectivity index (χ3v) is 4.72. The van der Waals surface area contributed by atoms with E-state index in [1.165, 1.54) is 11.3 Å². The predicted octanol–water partition coefficient (Wildman–Crippen LogP) is 3.34. The first kappa shape index (κ1) is 19.2. The molecule has 1 N–H and O–H groups in total. The standard InChI is InChI=1S/C22H28N2O3/c1-17(2)19-5-9-21(10-6-19)27-16-22(25)23-15-18-3-7-20(8-4-18)24-11-13-26-14-12-24/h3-10,17H,11-16H2,1-2H3,(H,23,25). The summed E-state index contributed by atoms with van der Waals surface area (Å²) in [6.07, 6.45) is 0. The Morgan fingerprint density at radius 1 is 1.07 bits per heavy atom. The Bertz CT molecular complexity index is 720.